The van der Waals surface area contributed by atoms with E-state index in [0.717, 1.165) is 10.6 Å². The van der Waals surface area contributed by atoms with Crippen molar-refractivity contribution in [3.8, 4) is 0 Å². The Hall–Kier alpha value is -1.70. The summed E-state index contributed by atoms with van der Waals surface area (Å²) in [6.07, 6.45) is 1.83. The average molecular weight is 330 g/mol. The van der Waals surface area contributed by atoms with E-state index in [4.69, 9.17) is 5.11 Å². The van der Waals surface area contributed by atoms with Crippen LogP contribution in [0.15, 0.2) is 60.7 Å². The largest absolute Gasteiger partial charge is 0.396 e. The van der Waals surface area contributed by atoms with Gasteiger partial charge in [0.1, 0.15) is 5.78 Å². The topological polar surface area (TPSA) is 54.4 Å². The van der Waals surface area contributed by atoms with Crippen molar-refractivity contribution < 1.29 is 14.5 Å². The molecule has 0 aromatic heterocycles. The van der Waals surface area contributed by atoms with Crippen LogP contribution in [0.2, 0.25) is 0 Å². The molecule has 0 bridgehead atoms. The number of ketones is 1. The Balaban J connectivity index is 2.52. The van der Waals surface area contributed by atoms with Crippen molar-refractivity contribution in [2.24, 2.45) is 0 Å². The van der Waals surface area contributed by atoms with Crippen LogP contribution in [-0.2, 0) is 9.36 Å². The highest BCUT2D eigenvalue weighted by Crippen LogP contribution is 2.50. The van der Waals surface area contributed by atoms with E-state index in [0.29, 0.717) is 19.3 Å². The van der Waals surface area contributed by atoms with E-state index in [1.807, 2.05) is 60.7 Å². The van der Waals surface area contributed by atoms with Gasteiger partial charge in [0.05, 0.1) is 5.66 Å². The summed E-state index contributed by atoms with van der Waals surface area (Å²) in [7, 11) is -3.06. The van der Waals surface area contributed by atoms with E-state index in [-0.39, 0.29) is 12.4 Å². The molecule has 2 aromatic carbocycles. The molecular weight excluding hydrogens is 307 g/mol. The van der Waals surface area contributed by atoms with Crippen LogP contribution in [0.4, 0.5) is 0 Å². The van der Waals surface area contributed by atoms with Crippen molar-refractivity contribution in [2.75, 3.05) is 6.61 Å². The molecule has 0 aliphatic rings. The van der Waals surface area contributed by atoms with Gasteiger partial charge < -0.3 is 9.67 Å². The summed E-state index contributed by atoms with van der Waals surface area (Å²) in [5, 5.41) is 10.4. The van der Waals surface area contributed by atoms with Crippen molar-refractivity contribution >= 4 is 23.5 Å². The van der Waals surface area contributed by atoms with Gasteiger partial charge in [-0.1, -0.05) is 60.7 Å². The molecule has 1 N–H and O–H groups in total. The molecule has 0 fully saturated rings. The van der Waals surface area contributed by atoms with Gasteiger partial charge in [-0.25, -0.2) is 0 Å². The number of carbonyl (C=O) groups excluding carboxylic acids is 1. The predicted molar refractivity (Wildman–Crippen MR) is 95.2 cm³/mol. The van der Waals surface area contributed by atoms with Crippen molar-refractivity contribution in [1.29, 1.82) is 0 Å². The lowest BCUT2D eigenvalue weighted by Crippen LogP contribution is -2.30. The van der Waals surface area contributed by atoms with Gasteiger partial charge in [0.15, 0.2) is 7.14 Å². The summed E-state index contributed by atoms with van der Waals surface area (Å²) in [4.78, 5) is 12.3. The van der Waals surface area contributed by atoms with Crippen LogP contribution in [0.25, 0.3) is 0 Å². The molecule has 0 amide bonds. The lowest BCUT2D eigenvalue weighted by molar-refractivity contribution is -0.116. The molecule has 1 atom stereocenters. The van der Waals surface area contributed by atoms with Gasteiger partial charge in [0, 0.05) is 17.2 Å². The van der Waals surface area contributed by atoms with Crippen molar-refractivity contribution in [1.82, 2.24) is 0 Å². The molecule has 4 heteroatoms. The molecular formula is C19H23O3P. The Morgan fingerprint density at radius 1 is 0.957 bits per heavy atom. The predicted octanol–water partition coefficient (Wildman–Crippen LogP) is 3.12. The van der Waals surface area contributed by atoms with Crippen molar-refractivity contribution in [3.63, 3.8) is 0 Å². The van der Waals surface area contributed by atoms with E-state index < -0.39 is 12.8 Å². The molecule has 2 rings (SSSR count). The second-order valence-electron chi connectivity index (χ2n) is 5.67. The number of hydrogen-bond donors (Lipinski definition) is 1. The molecule has 3 nitrogen and oxygen atoms in total. The fraction of sp³-hybridized carbons (Fsp3) is 0.316. The van der Waals surface area contributed by atoms with Gasteiger partial charge >= 0.3 is 0 Å². The monoisotopic (exact) mass is 330 g/mol. The first kappa shape index (κ1) is 17.7. The lowest BCUT2D eigenvalue weighted by Gasteiger charge is -2.27. The third kappa shape index (κ3) is 3.99. The smallest absolute Gasteiger partial charge is 0.153 e. The van der Waals surface area contributed by atoms with E-state index in [9.17, 15) is 9.36 Å². The maximum absolute atomic E-state index is 14.1. The molecule has 0 saturated carbocycles. The van der Waals surface area contributed by atoms with Crippen LogP contribution in [0.3, 0.4) is 0 Å². The number of rotatable bonds is 8. The van der Waals surface area contributed by atoms with Gasteiger partial charge in [0.2, 0.25) is 0 Å². The number of Topliss-reactive ketones (excluding diaryl/α,β-unsaturated/α-hetero) is 1. The van der Waals surface area contributed by atoms with Gasteiger partial charge in [-0.15, -0.1) is 0 Å². The van der Waals surface area contributed by atoms with Crippen LogP contribution < -0.4 is 10.6 Å². The highest BCUT2D eigenvalue weighted by atomic mass is 31.2. The Morgan fingerprint density at radius 2 is 1.43 bits per heavy atom. The van der Waals surface area contributed by atoms with Crippen LogP contribution in [0.1, 0.15) is 26.2 Å². The van der Waals surface area contributed by atoms with E-state index in [1.165, 1.54) is 6.92 Å². The zero-order valence-electron chi connectivity index (χ0n) is 13.4. The Bertz CT molecular complexity index is 624. The van der Waals surface area contributed by atoms with Crippen LogP contribution in [0, 0.1) is 0 Å². The van der Waals surface area contributed by atoms with E-state index >= 15 is 0 Å². The fourth-order valence-corrected chi connectivity index (χ4v) is 6.20. The maximum Gasteiger partial charge on any atom is 0.153 e. The molecule has 122 valence electrons. The maximum atomic E-state index is 14.1. The second kappa shape index (κ2) is 8.24. The van der Waals surface area contributed by atoms with E-state index in [2.05, 4.69) is 0 Å². The second-order valence-corrected chi connectivity index (χ2v) is 8.65. The molecule has 23 heavy (non-hydrogen) atoms. The minimum atomic E-state index is -3.06. The molecule has 2 aromatic rings. The molecule has 0 saturated heterocycles. The first-order chi connectivity index (χ1) is 11.1. The zero-order valence-corrected chi connectivity index (χ0v) is 14.3. The van der Waals surface area contributed by atoms with Gasteiger partial charge in [-0.3, -0.25) is 4.79 Å². The minimum Gasteiger partial charge on any atom is -0.396 e. The van der Waals surface area contributed by atoms with Crippen LogP contribution in [0.5, 0.6) is 0 Å². The normalized spacial score (nSPS) is 12.8. The standard InChI is InChI=1S/C19H23O3P/c1-16(21)19(14-8-9-15-20)23(22,17-10-4-2-5-11-17)18-12-6-3-7-13-18/h2-7,10-13,19-20H,8-9,14-15H2,1H3. The third-order valence-electron chi connectivity index (χ3n) is 4.07. The number of benzene rings is 2. The van der Waals surface area contributed by atoms with E-state index in [1.54, 1.807) is 0 Å². The van der Waals surface area contributed by atoms with Crippen molar-refractivity contribution in [2.45, 2.75) is 31.8 Å². The summed E-state index contributed by atoms with van der Waals surface area (Å²) >= 11 is 0. The Morgan fingerprint density at radius 3 is 1.83 bits per heavy atom. The van der Waals surface area contributed by atoms with Gasteiger partial charge in [-0.05, 0) is 26.2 Å². The van der Waals surface area contributed by atoms with Crippen LogP contribution in [-0.4, -0.2) is 23.2 Å². The van der Waals surface area contributed by atoms with Gasteiger partial charge in [-0.2, -0.15) is 0 Å². The highest BCUT2D eigenvalue weighted by molar-refractivity contribution is 7.80. The average Bonchev–Trinajstić information content (AvgIpc) is 2.59. The summed E-state index contributed by atoms with van der Waals surface area (Å²) in [6.45, 7) is 1.60. The van der Waals surface area contributed by atoms with Crippen molar-refractivity contribution in [3.05, 3.63) is 60.7 Å². The Labute approximate surface area is 137 Å². The molecule has 0 aliphatic carbocycles. The summed E-state index contributed by atoms with van der Waals surface area (Å²) in [5.74, 6) is -0.0565. The molecule has 0 heterocycles. The minimum absolute atomic E-state index is 0.0565. The molecule has 1 unspecified atom stereocenters. The third-order valence-corrected chi connectivity index (χ3v) is 7.70. The first-order valence-corrected chi connectivity index (χ1v) is 9.70. The number of unbranched alkanes of at least 4 members (excludes halogenated alkanes) is 1. The van der Waals surface area contributed by atoms with Crippen LogP contribution >= 0.6 is 7.14 Å². The number of hydrogen-bond acceptors (Lipinski definition) is 3. The Kier molecular flexibility index (Phi) is 6.32. The lowest BCUT2D eigenvalue weighted by atomic mass is 10.1. The summed E-state index contributed by atoms with van der Waals surface area (Å²) < 4.78 is 14.1. The zero-order chi connectivity index (χ0) is 16.7. The summed E-state index contributed by atoms with van der Waals surface area (Å²) in [5.41, 5.74) is -0.543. The summed E-state index contributed by atoms with van der Waals surface area (Å²) in [6, 6.07) is 18.6. The number of aliphatic hydroxyl groups is 1. The van der Waals surface area contributed by atoms with Gasteiger partial charge in [0.25, 0.3) is 0 Å². The molecule has 0 radical (unpaired) electrons. The number of carbonyl (C=O) groups is 1. The molecule has 0 aliphatic heterocycles. The number of aliphatic hydroxyl groups excluding tert-OH is 1. The fourth-order valence-electron chi connectivity index (χ4n) is 2.90. The SMILES string of the molecule is CC(=O)C(CCCCO)P(=O)(c1ccccc1)c1ccccc1. The quantitative estimate of drug-likeness (QED) is 0.598. The first-order valence-electron chi connectivity index (χ1n) is 7.93. The highest BCUT2D eigenvalue weighted by Gasteiger charge is 2.38. The molecule has 0 spiro atoms.